The van der Waals surface area contributed by atoms with Crippen LogP contribution in [0.4, 0.5) is 11.6 Å². The number of rotatable bonds is 0. The molecule has 8 nitrogen and oxygen atoms in total. The number of amidine groups is 4. The molecule has 2 aromatic heterocycles. The molecule has 0 radical (unpaired) electrons. The van der Waals surface area contributed by atoms with Crippen molar-refractivity contribution < 1.29 is 9.15 Å². The van der Waals surface area contributed by atoms with Gasteiger partial charge in [-0.3, -0.25) is 0 Å². The number of allylic oxidation sites excluding steroid dienone is 2. The maximum absolute atomic E-state index is 5.54. The Morgan fingerprint density at radius 3 is 2.26 bits per heavy atom. The van der Waals surface area contributed by atoms with Crippen molar-refractivity contribution >= 4 is 56.5 Å². The monoisotopic (exact) mass is 540 g/mol. The van der Waals surface area contributed by atoms with E-state index in [-0.39, 0.29) is 11.8 Å². The van der Waals surface area contributed by atoms with E-state index in [9.17, 15) is 0 Å². The van der Waals surface area contributed by atoms with Crippen molar-refractivity contribution in [1.29, 1.82) is 0 Å². The quantitative estimate of drug-likeness (QED) is 0.267. The molecule has 194 valence electrons. The minimum atomic E-state index is -0.889. The van der Waals surface area contributed by atoms with Crippen LogP contribution in [0.2, 0.25) is 0 Å². The van der Waals surface area contributed by atoms with E-state index in [1.165, 1.54) is 5.56 Å². The van der Waals surface area contributed by atoms with Gasteiger partial charge in [-0.2, -0.15) is 13.7 Å². The van der Waals surface area contributed by atoms with E-state index >= 15 is 0 Å². The largest absolute Gasteiger partial charge is 0.404 e. The molecule has 3 unspecified atom stereocenters. The summed E-state index contributed by atoms with van der Waals surface area (Å²) in [6, 6.07) is 23.6. The summed E-state index contributed by atoms with van der Waals surface area (Å²) in [5.41, 5.74) is 5.24. The maximum atomic E-state index is 5.54. The number of aliphatic imine (C=N–C) groups is 2. The molecule has 0 N–H and O–H groups in total. The van der Waals surface area contributed by atoms with Gasteiger partial charge < -0.3 is 0 Å². The number of benzene rings is 3. The van der Waals surface area contributed by atoms with Crippen molar-refractivity contribution in [2.24, 2.45) is 31.8 Å². The minimum Gasteiger partial charge on any atom is -0.192 e. The summed E-state index contributed by atoms with van der Waals surface area (Å²) in [5, 5.41) is 4.48. The average Bonchev–Trinajstić information content (AvgIpc) is 3.74. The fourth-order valence-corrected chi connectivity index (χ4v) is 8.51. The Hall–Kier alpha value is -5.50. The minimum absolute atomic E-state index is 0.0863. The van der Waals surface area contributed by atoms with Crippen LogP contribution in [-0.2, 0) is 5.91 Å². The molecular weight excluding hydrogens is 520 g/mol. The maximum Gasteiger partial charge on any atom is 0.404 e. The molecule has 3 aromatic carbocycles. The molecular formula is C34H20N8+2. The van der Waals surface area contributed by atoms with Gasteiger partial charge in [0.15, 0.2) is 0 Å². The van der Waals surface area contributed by atoms with Crippen LogP contribution in [0.25, 0.3) is 21.5 Å². The Morgan fingerprint density at radius 1 is 0.667 bits per heavy atom. The Balaban J connectivity index is 1.43. The first-order valence-corrected chi connectivity index (χ1v) is 14.4. The second-order valence-electron chi connectivity index (χ2n) is 12.0. The average molecular weight is 541 g/mol. The van der Waals surface area contributed by atoms with Crippen LogP contribution in [0.15, 0.2) is 111 Å². The number of hydrogen-bond acceptors (Lipinski definition) is 4. The molecule has 3 atom stereocenters. The number of aromatic nitrogens is 2. The first kappa shape index (κ1) is 20.4. The SMILES string of the molecule is Cc1cccc2c3n4c(c12)N=C1C2C=CC=CC2C2=[N+]1C41n4c(c5ccccc5c4=N2)=NC2=[N+]1C(=N3)c1ccccc12. The van der Waals surface area contributed by atoms with Crippen molar-refractivity contribution in [3.63, 3.8) is 0 Å². The normalized spacial score (nSPS) is 25.6. The third-order valence-electron chi connectivity index (χ3n) is 10.1. The highest BCUT2D eigenvalue weighted by Crippen LogP contribution is 2.53. The number of hydrogen-bond donors (Lipinski definition) is 0. The second-order valence-corrected chi connectivity index (χ2v) is 12.0. The summed E-state index contributed by atoms with van der Waals surface area (Å²) >= 11 is 0. The van der Waals surface area contributed by atoms with Crippen molar-refractivity contribution in [2.75, 3.05) is 0 Å². The van der Waals surface area contributed by atoms with Crippen molar-refractivity contribution in [2.45, 2.75) is 12.8 Å². The van der Waals surface area contributed by atoms with E-state index in [2.05, 4.69) is 116 Å². The zero-order valence-corrected chi connectivity index (χ0v) is 22.4. The van der Waals surface area contributed by atoms with Crippen LogP contribution >= 0.6 is 0 Å². The molecule has 12 rings (SSSR count). The molecule has 1 aliphatic carbocycles. The molecule has 5 aromatic rings. The van der Waals surface area contributed by atoms with Crippen LogP contribution in [-0.4, -0.2) is 41.6 Å². The van der Waals surface area contributed by atoms with Crippen LogP contribution < -0.4 is 11.0 Å². The van der Waals surface area contributed by atoms with Gasteiger partial charge in [-0.1, -0.05) is 80.7 Å². The predicted octanol–water partition coefficient (Wildman–Crippen LogP) is 3.98. The Kier molecular flexibility index (Phi) is 3.01. The first-order valence-electron chi connectivity index (χ1n) is 14.4. The van der Waals surface area contributed by atoms with Crippen LogP contribution in [0, 0.1) is 18.8 Å². The van der Waals surface area contributed by atoms with E-state index in [4.69, 9.17) is 20.0 Å². The molecule has 8 heteroatoms. The topological polar surface area (TPSA) is 65.3 Å². The first-order chi connectivity index (χ1) is 20.8. The van der Waals surface area contributed by atoms with Crippen LogP contribution in [0.1, 0.15) is 16.7 Å². The molecule has 6 aliphatic heterocycles. The van der Waals surface area contributed by atoms with Gasteiger partial charge in [0.2, 0.25) is 22.6 Å². The number of fused-ring (bicyclic) bond motifs is 12. The summed E-state index contributed by atoms with van der Waals surface area (Å²) in [5.74, 6) is 5.03. The van der Waals surface area contributed by atoms with Crippen molar-refractivity contribution in [1.82, 2.24) is 9.13 Å². The smallest absolute Gasteiger partial charge is 0.192 e. The van der Waals surface area contributed by atoms with Gasteiger partial charge in [-0.25, -0.2) is 0 Å². The van der Waals surface area contributed by atoms with Gasteiger partial charge >= 0.3 is 5.91 Å². The molecule has 42 heavy (non-hydrogen) atoms. The summed E-state index contributed by atoms with van der Waals surface area (Å²) < 4.78 is 9.53. The Bertz CT molecular complexity index is 2600. The summed E-state index contributed by atoms with van der Waals surface area (Å²) in [6.45, 7) is 2.18. The van der Waals surface area contributed by atoms with E-state index in [0.29, 0.717) is 0 Å². The van der Waals surface area contributed by atoms with E-state index < -0.39 is 5.91 Å². The lowest BCUT2D eigenvalue weighted by Gasteiger charge is -2.40. The van der Waals surface area contributed by atoms with Crippen LogP contribution in [0.5, 0.6) is 0 Å². The van der Waals surface area contributed by atoms with Gasteiger partial charge in [0, 0.05) is 16.2 Å². The lowest BCUT2D eigenvalue weighted by Crippen LogP contribution is -2.71. The number of nitrogens with zero attached hydrogens (tertiary/aromatic N) is 8. The molecule has 1 spiro atoms. The van der Waals surface area contributed by atoms with E-state index in [1.807, 2.05) is 0 Å². The molecule has 8 heterocycles. The molecule has 0 saturated carbocycles. The highest BCUT2D eigenvalue weighted by molar-refractivity contribution is 6.18. The standard InChI is InChI=1S/C34H20N8/c1-17-9-8-16-24-25(17)33-38-31-23-15-7-6-14-22(23)29-36-27-19-11-3-2-10-18(19)26-35-28-20-12-4-5-13-21(20)30-37-32(24)42(33)34(39(26)27,40(28)30)41(29)31/h2-16,22-23H,1H3/q+2. The predicted molar refractivity (Wildman–Crippen MR) is 159 cm³/mol. The van der Waals surface area contributed by atoms with E-state index in [0.717, 1.165) is 78.6 Å². The van der Waals surface area contributed by atoms with Gasteiger partial charge in [0.1, 0.15) is 0 Å². The lowest BCUT2D eigenvalue weighted by atomic mass is 9.89. The third-order valence-corrected chi connectivity index (χ3v) is 10.1. The van der Waals surface area contributed by atoms with Gasteiger partial charge in [-0.05, 0) is 42.8 Å². The zero-order chi connectivity index (χ0) is 27.1. The third kappa shape index (κ3) is 1.83. The van der Waals surface area contributed by atoms with Crippen molar-refractivity contribution in [3.05, 3.63) is 119 Å². The van der Waals surface area contributed by atoms with E-state index in [1.54, 1.807) is 0 Å². The summed E-state index contributed by atoms with van der Waals surface area (Å²) in [4.78, 5) is 21.9. The van der Waals surface area contributed by atoms with Crippen molar-refractivity contribution in [3.8, 4) is 0 Å². The number of aryl methyl sites for hydroxylation is 1. The summed E-state index contributed by atoms with van der Waals surface area (Å²) in [6.07, 6.45) is 8.88. The Morgan fingerprint density at radius 2 is 1.40 bits per heavy atom. The fourth-order valence-electron chi connectivity index (χ4n) is 8.51. The van der Waals surface area contributed by atoms with Gasteiger partial charge in [0.05, 0.1) is 28.3 Å². The molecule has 0 fully saturated rings. The highest BCUT2D eigenvalue weighted by atomic mass is 15.7. The van der Waals surface area contributed by atoms with Gasteiger partial charge in [0.25, 0.3) is 23.3 Å². The molecule has 7 aliphatic rings. The summed E-state index contributed by atoms with van der Waals surface area (Å²) in [7, 11) is 0. The zero-order valence-electron chi connectivity index (χ0n) is 22.4. The lowest BCUT2D eigenvalue weighted by molar-refractivity contribution is -0.791. The molecule has 0 saturated heterocycles. The molecule has 0 bridgehead atoms. The molecule has 0 amide bonds. The van der Waals surface area contributed by atoms with Gasteiger partial charge in [-0.15, -0.1) is 4.58 Å². The Labute approximate surface area is 237 Å². The second kappa shape index (κ2) is 6.21. The highest BCUT2D eigenvalue weighted by Gasteiger charge is 2.70. The van der Waals surface area contributed by atoms with Crippen LogP contribution in [0.3, 0.4) is 0 Å². The fraction of sp³-hybridized carbons (Fsp3) is 0.118.